The summed E-state index contributed by atoms with van der Waals surface area (Å²) in [5, 5.41) is 0. The smallest absolute Gasteiger partial charge is 0.137 e. The predicted octanol–water partition coefficient (Wildman–Crippen LogP) is 3.89. The molecule has 100 valence electrons. The Kier molecular flexibility index (Phi) is 3.21. The van der Waals surface area contributed by atoms with Gasteiger partial charge in [0.2, 0.25) is 0 Å². The van der Waals surface area contributed by atoms with E-state index < -0.39 is 0 Å². The van der Waals surface area contributed by atoms with Crippen molar-refractivity contribution in [2.75, 3.05) is 7.11 Å². The van der Waals surface area contributed by atoms with Gasteiger partial charge in [0.25, 0.3) is 0 Å². The molecular weight excluding hydrogens is 255 g/mol. The largest absolute Gasteiger partial charge is 0.496 e. The fraction of sp³-hybridized carbons (Fsp3) is 0.0625. The van der Waals surface area contributed by atoms with E-state index in [0.717, 1.165) is 16.9 Å². The van der Waals surface area contributed by atoms with Crippen LogP contribution < -0.4 is 4.74 Å². The van der Waals surface area contributed by atoms with Gasteiger partial charge in [-0.2, -0.15) is 0 Å². The number of aromatic amines is 1. The van der Waals surface area contributed by atoms with Gasteiger partial charge in [0, 0.05) is 23.5 Å². The number of aromatic nitrogens is 2. The summed E-state index contributed by atoms with van der Waals surface area (Å²) in [7, 11) is 1.62. The van der Waals surface area contributed by atoms with Crippen LogP contribution >= 0.6 is 0 Å². The van der Waals surface area contributed by atoms with Crippen LogP contribution in [-0.4, -0.2) is 17.1 Å². The summed E-state index contributed by atoms with van der Waals surface area (Å²) in [6, 6.07) is 12.3. The number of benzene rings is 2. The summed E-state index contributed by atoms with van der Waals surface area (Å²) < 4.78 is 18.9. The molecule has 1 heterocycles. The number of halogens is 1. The molecule has 0 radical (unpaired) electrons. The van der Waals surface area contributed by atoms with Crippen LogP contribution in [0.15, 0.2) is 54.9 Å². The highest BCUT2D eigenvalue weighted by Gasteiger charge is 2.13. The zero-order chi connectivity index (χ0) is 13.9. The first-order valence-electron chi connectivity index (χ1n) is 6.22. The minimum Gasteiger partial charge on any atom is -0.496 e. The van der Waals surface area contributed by atoms with Crippen LogP contribution in [0.5, 0.6) is 5.75 Å². The minimum absolute atomic E-state index is 0.296. The Bertz CT molecular complexity index is 723. The molecular formula is C16H13FN2O. The standard InChI is InChI=1S/C16H13FN2O/c1-20-15-5-3-2-4-13(15)12-7-6-11(17)10-14(12)16-18-8-9-19-16/h2-10H,1H3,(H,18,19). The number of nitrogens with one attached hydrogen (secondary N) is 1. The van der Waals surface area contributed by atoms with Crippen LogP contribution in [0.25, 0.3) is 22.5 Å². The molecule has 1 aromatic heterocycles. The Balaban J connectivity index is 2.24. The van der Waals surface area contributed by atoms with Crippen molar-refractivity contribution in [1.82, 2.24) is 9.97 Å². The number of hydrogen-bond donors (Lipinski definition) is 1. The summed E-state index contributed by atoms with van der Waals surface area (Å²) in [6.07, 6.45) is 3.36. The van der Waals surface area contributed by atoms with Gasteiger partial charge in [-0.05, 0) is 23.8 Å². The van der Waals surface area contributed by atoms with Crippen molar-refractivity contribution in [3.63, 3.8) is 0 Å². The van der Waals surface area contributed by atoms with E-state index in [0.29, 0.717) is 11.4 Å². The lowest BCUT2D eigenvalue weighted by Gasteiger charge is -2.12. The van der Waals surface area contributed by atoms with E-state index in [-0.39, 0.29) is 5.82 Å². The van der Waals surface area contributed by atoms with E-state index >= 15 is 0 Å². The second-order valence-corrected chi connectivity index (χ2v) is 4.33. The normalized spacial score (nSPS) is 10.5. The summed E-state index contributed by atoms with van der Waals surface area (Å²) in [5.74, 6) is 1.08. The predicted molar refractivity (Wildman–Crippen MR) is 76.0 cm³/mol. The molecule has 0 spiro atoms. The third-order valence-corrected chi connectivity index (χ3v) is 3.13. The first-order valence-corrected chi connectivity index (χ1v) is 6.22. The van der Waals surface area contributed by atoms with Gasteiger partial charge >= 0.3 is 0 Å². The van der Waals surface area contributed by atoms with E-state index in [1.54, 1.807) is 25.6 Å². The van der Waals surface area contributed by atoms with Crippen LogP contribution in [0.1, 0.15) is 0 Å². The Morgan fingerprint density at radius 1 is 1.05 bits per heavy atom. The zero-order valence-corrected chi connectivity index (χ0v) is 10.9. The van der Waals surface area contributed by atoms with Gasteiger partial charge < -0.3 is 9.72 Å². The molecule has 3 nitrogen and oxygen atoms in total. The van der Waals surface area contributed by atoms with Gasteiger partial charge in [-0.3, -0.25) is 0 Å². The molecule has 0 bridgehead atoms. The third kappa shape index (κ3) is 2.16. The molecule has 0 fully saturated rings. The fourth-order valence-electron chi connectivity index (χ4n) is 2.23. The van der Waals surface area contributed by atoms with Crippen molar-refractivity contribution in [3.8, 4) is 28.3 Å². The monoisotopic (exact) mass is 268 g/mol. The first-order chi connectivity index (χ1) is 9.79. The topological polar surface area (TPSA) is 37.9 Å². The van der Waals surface area contributed by atoms with Crippen LogP contribution in [-0.2, 0) is 0 Å². The molecule has 2 aromatic carbocycles. The Labute approximate surface area is 116 Å². The van der Waals surface area contributed by atoms with Gasteiger partial charge in [0.05, 0.1) is 7.11 Å². The van der Waals surface area contributed by atoms with E-state index in [4.69, 9.17) is 4.74 Å². The molecule has 0 saturated carbocycles. The molecule has 0 atom stereocenters. The molecule has 4 heteroatoms. The van der Waals surface area contributed by atoms with Crippen LogP contribution in [0.3, 0.4) is 0 Å². The lowest BCUT2D eigenvalue weighted by Crippen LogP contribution is -1.92. The summed E-state index contributed by atoms with van der Waals surface area (Å²) in [4.78, 5) is 7.22. The van der Waals surface area contributed by atoms with Crippen LogP contribution in [0.2, 0.25) is 0 Å². The number of methoxy groups -OCH3 is 1. The average molecular weight is 268 g/mol. The Morgan fingerprint density at radius 3 is 2.65 bits per heavy atom. The molecule has 0 saturated heterocycles. The van der Waals surface area contributed by atoms with Crippen LogP contribution in [0.4, 0.5) is 4.39 Å². The number of ether oxygens (including phenoxy) is 1. The van der Waals surface area contributed by atoms with Gasteiger partial charge in [0.1, 0.15) is 17.4 Å². The second-order valence-electron chi connectivity index (χ2n) is 4.33. The van der Waals surface area contributed by atoms with Gasteiger partial charge in [-0.25, -0.2) is 9.37 Å². The fourth-order valence-corrected chi connectivity index (χ4v) is 2.23. The first kappa shape index (κ1) is 12.4. The molecule has 1 N–H and O–H groups in total. The number of hydrogen-bond acceptors (Lipinski definition) is 2. The lowest BCUT2D eigenvalue weighted by molar-refractivity contribution is 0.416. The number of imidazole rings is 1. The summed E-state index contributed by atoms with van der Waals surface area (Å²) in [6.45, 7) is 0. The highest BCUT2D eigenvalue weighted by Crippen LogP contribution is 2.36. The number of nitrogens with zero attached hydrogens (tertiary/aromatic N) is 1. The van der Waals surface area contributed by atoms with Gasteiger partial charge in [-0.1, -0.05) is 24.3 Å². The number of para-hydroxylation sites is 1. The molecule has 20 heavy (non-hydrogen) atoms. The maximum atomic E-state index is 13.6. The summed E-state index contributed by atoms with van der Waals surface area (Å²) in [5.41, 5.74) is 2.49. The maximum absolute atomic E-state index is 13.6. The van der Waals surface area contributed by atoms with Crippen molar-refractivity contribution in [2.24, 2.45) is 0 Å². The van der Waals surface area contributed by atoms with E-state index in [9.17, 15) is 4.39 Å². The number of H-pyrrole nitrogens is 1. The highest BCUT2D eigenvalue weighted by molar-refractivity contribution is 5.83. The highest BCUT2D eigenvalue weighted by atomic mass is 19.1. The third-order valence-electron chi connectivity index (χ3n) is 3.13. The molecule has 3 rings (SSSR count). The zero-order valence-electron chi connectivity index (χ0n) is 10.9. The molecule has 0 aliphatic rings. The second kappa shape index (κ2) is 5.17. The molecule has 0 amide bonds. The van der Waals surface area contributed by atoms with E-state index in [1.165, 1.54) is 12.1 Å². The Morgan fingerprint density at radius 2 is 1.90 bits per heavy atom. The summed E-state index contributed by atoms with van der Waals surface area (Å²) >= 11 is 0. The average Bonchev–Trinajstić information content (AvgIpc) is 3.01. The Hall–Kier alpha value is -2.62. The molecule has 0 aliphatic heterocycles. The van der Waals surface area contributed by atoms with Crippen molar-refractivity contribution in [1.29, 1.82) is 0 Å². The molecule has 0 unspecified atom stereocenters. The van der Waals surface area contributed by atoms with Crippen molar-refractivity contribution >= 4 is 0 Å². The molecule has 0 aliphatic carbocycles. The SMILES string of the molecule is COc1ccccc1-c1ccc(F)cc1-c1ncc[nH]1. The van der Waals surface area contributed by atoms with Crippen LogP contribution in [0, 0.1) is 5.82 Å². The van der Waals surface area contributed by atoms with Gasteiger partial charge in [0.15, 0.2) is 0 Å². The van der Waals surface area contributed by atoms with Crippen molar-refractivity contribution in [2.45, 2.75) is 0 Å². The van der Waals surface area contributed by atoms with Crippen molar-refractivity contribution < 1.29 is 9.13 Å². The minimum atomic E-state index is -0.296. The lowest BCUT2D eigenvalue weighted by atomic mass is 9.98. The van der Waals surface area contributed by atoms with Crippen molar-refractivity contribution in [3.05, 3.63) is 60.7 Å². The quantitative estimate of drug-likeness (QED) is 0.782. The maximum Gasteiger partial charge on any atom is 0.137 e. The molecule has 3 aromatic rings. The van der Waals surface area contributed by atoms with Gasteiger partial charge in [-0.15, -0.1) is 0 Å². The van der Waals surface area contributed by atoms with E-state index in [2.05, 4.69) is 9.97 Å². The van der Waals surface area contributed by atoms with E-state index in [1.807, 2.05) is 24.3 Å². The number of rotatable bonds is 3.